The molecular formula is C11H17NO4. The first-order valence-electron chi connectivity index (χ1n) is 5.84. The number of rotatable bonds is 4. The van der Waals surface area contributed by atoms with E-state index in [-0.39, 0.29) is 5.91 Å². The largest absolute Gasteiger partial charge is 0.479 e. The number of carboxylic acids is 1. The van der Waals surface area contributed by atoms with Gasteiger partial charge >= 0.3 is 5.97 Å². The highest BCUT2D eigenvalue weighted by atomic mass is 16.6. The Bertz CT molecular complexity index is 286. The van der Waals surface area contributed by atoms with Crippen molar-refractivity contribution in [1.82, 2.24) is 5.32 Å². The van der Waals surface area contributed by atoms with Gasteiger partial charge in [0, 0.05) is 6.54 Å². The normalized spacial score (nSPS) is 29.8. The number of carboxylic acid groups (broad SMARTS) is 1. The summed E-state index contributed by atoms with van der Waals surface area (Å²) in [5.41, 5.74) is 0. The van der Waals surface area contributed by atoms with Crippen molar-refractivity contribution < 1.29 is 19.4 Å². The van der Waals surface area contributed by atoms with E-state index < -0.39 is 18.2 Å². The summed E-state index contributed by atoms with van der Waals surface area (Å²) < 4.78 is 4.77. The molecule has 1 amide bonds. The fourth-order valence-electron chi connectivity index (χ4n) is 2.24. The van der Waals surface area contributed by atoms with Crippen molar-refractivity contribution in [2.45, 2.75) is 44.3 Å². The Morgan fingerprint density at radius 1 is 1.19 bits per heavy atom. The molecule has 5 nitrogen and oxygen atoms in total. The van der Waals surface area contributed by atoms with Crippen LogP contribution in [0.2, 0.25) is 0 Å². The smallest absolute Gasteiger partial charge is 0.336 e. The van der Waals surface area contributed by atoms with Crippen LogP contribution in [0, 0.1) is 5.92 Å². The van der Waals surface area contributed by atoms with Crippen LogP contribution in [0.15, 0.2) is 0 Å². The molecule has 1 aliphatic heterocycles. The van der Waals surface area contributed by atoms with Gasteiger partial charge in [-0.05, 0) is 18.8 Å². The third-order valence-electron chi connectivity index (χ3n) is 3.28. The zero-order chi connectivity index (χ0) is 11.5. The Morgan fingerprint density at radius 2 is 1.88 bits per heavy atom. The minimum Gasteiger partial charge on any atom is -0.479 e. The Kier molecular flexibility index (Phi) is 3.43. The third kappa shape index (κ3) is 2.72. The molecule has 0 aromatic rings. The fraction of sp³-hybridized carbons (Fsp3) is 0.818. The molecule has 1 saturated heterocycles. The summed E-state index contributed by atoms with van der Waals surface area (Å²) in [4.78, 5) is 21.9. The molecule has 0 radical (unpaired) electrons. The van der Waals surface area contributed by atoms with E-state index in [1.165, 1.54) is 19.3 Å². The summed E-state index contributed by atoms with van der Waals surface area (Å²) in [5.74, 6) is -0.782. The predicted molar refractivity (Wildman–Crippen MR) is 55.9 cm³/mol. The molecule has 1 aliphatic carbocycles. The maximum absolute atomic E-state index is 11.5. The number of aliphatic carboxylic acids is 1. The molecule has 2 rings (SSSR count). The maximum atomic E-state index is 11.5. The van der Waals surface area contributed by atoms with Crippen molar-refractivity contribution in [3.8, 4) is 0 Å². The van der Waals surface area contributed by atoms with E-state index in [1.807, 2.05) is 0 Å². The van der Waals surface area contributed by atoms with Gasteiger partial charge in [0.05, 0.1) is 0 Å². The van der Waals surface area contributed by atoms with Crippen LogP contribution >= 0.6 is 0 Å². The van der Waals surface area contributed by atoms with E-state index in [0.29, 0.717) is 12.5 Å². The van der Waals surface area contributed by atoms with Gasteiger partial charge in [0.15, 0.2) is 12.2 Å². The molecule has 2 atom stereocenters. The van der Waals surface area contributed by atoms with Gasteiger partial charge in [-0.25, -0.2) is 4.79 Å². The number of nitrogens with one attached hydrogen (secondary N) is 1. The second-order valence-electron chi connectivity index (χ2n) is 4.56. The third-order valence-corrected chi connectivity index (χ3v) is 3.28. The van der Waals surface area contributed by atoms with Crippen molar-refractivity contribution in [2.24, 2.45) is 5.92 Å². The van der Waals surface area contributed by atoms with Crippen LogP contribution in [0.5, 0.6) is 0 Å². The first-order chi connectivity index (χ1) is 7.68. The van der Waals surface area contributed by atoms with Gasteiger partial charge in [-0.3, -0.25) is 4.79 Å². The second kappa shape index (κ2) is 4.82. The van der Waals surface area contributed by atoms with Crippen LogP contribution in [0.4, 0.5) is 0 Å². The Hall–Kier alpha value is -1.10. The number of hydrogen-bond donors (Lipinski definition) is 2. The molecule has 0 bridgehead atoms. The summed E-state index contributed by atoms with van der Waals surface area (Å²) in [6.45, 7) is 0.658. The van der Waals surface area contributed by atoms with Crippen molar-refractivity contribution >= 4 is 11.9 Å². The number of ether oxygens (including phenoxy) is 1. The zero-order valence-corrected chi connectivity index (χ0v) is 9.15. The van der Waals surface area contributed by atoms with Gasteiger partial charge in [-0.15, -0.1) is 0 Å². The highest BCUT2D eigenvalue weighted by molar-refractivity contribution is 5.91. The van der Waals surface area contributed by atoms with Crippen LogP contribution < -0.4 is 5.32 Å². The second-order valence-corrected chi connectivity index (χ2v) is 4.56. The number of hydrogen-bond acceptors (Lipinski definition) is 3. The molecule has 0 spiro atoms. The molecular weight excluding hydrogens is 210 g/mol. The molecule has 2 aliphatic rings. The molecule has 1 saturated carbocycles. The summed E-state index contributed by atoms with van der Waals surface area (Å²) >= 11 is 0. The summed E-state index contributed by atoms with van der Waals surface area (Å²) in [6.07, 6.45) is 4.39. The van der Waals surface area contributed by atoms with Crippen molar-refractivity contribution in [3.63, 3.8) is 0 Å². The van der Waals surface area contributed by atoms with E-state index in [0.717, 1.165) is 12.8 Å². The molecule has 5 heteroatoms. The monoisotopic (exact) mass is 227 g/mol. The summed E-state index contributed by atoms with van der Waals surface area (Å²) in [6, 6.07) is 0. The Labute approximate surface area is 94.2 Å². The average Bonchev–Trinajstić information content (AvgIpc) is 3.07. The van der Waals surface area contributed by atoms with Gasteiger partial charge in [-0.1, -0.05) is 19.3 Å². The lowest BCUT2D eigenvalue weighted by molar-refractivity contribution is -0.138. The van der Waals surface area contributed by atoms with E-state index in [2.05, 4.69) is 5.32 Å². The number of epoxide rings is 1. The highest BCUT2D eigenvalue weighted by Gasteiger charge is 2.50. The first kappa shape index (κ1) is 11.4. The molecule has 90 valence electrons. The lowest BCUT2D eigenvalue weighted by Crippen LogP contribution is -2.34. The summed E-state index contributed by atoms with van der Waals surface area (Å²) in [7, 11) is 0. The van der Waals surface area contributed by atoms with E-state index in [1.54, 1.807) is 0 Å². The number of carbonyl (C=O) groups excluding carboxylic acids is 1. The van der Waals surface area contributed by atoms with Gasteiger partial charge in [0.1, 0.15) is 0 Å². The topological polar surface area (TPSA) is 78.9 Å². The standard InChI is InChI=1S/C11H17NO4/c13-10(8-9(16-8)11(14)15)12-6-7-4-2-1-3-5-7/h7-9H,1-6H2,(H,12,13)(H,14,15). The van der Waals surface area contributed by atoms with Gasteiger partial charge in [0.25, 0.3) is 5.91 Å². The van der Waals surface area contributed by atoms with Crippen LogP contribution in [0.25, 0.3) is 0 Å². The average molecular weight is 227 g/mol. The lowest BCUT2D eigenvalue weighted by Gasteiger charge is -2.21. The highest BCUT2D eigenvalue weighted by Crippen LogP contribution is 2.24. The molecule has 2 unspecified atom stereocenters. The molecule has 2 fully saturated rings. The van der Waals surface area contributed by atoms with Crippen molar-refractivity contribution in [3.05, 3.63) is 0 Å². The summed E-state index contributed by atoms with van der Waals surface area (Å²) in [5, 5.41) is 11.4. The van der Waals surface area contributed by atoms with Crippen LogP contribution in [0.3, 0.4) is 0 Å². The SMILES string of the molecule is O=C(O)C1OC1C(=O)NCC1CCCCC1. The van der Waals surface area contributed by atoms with Crippen LogP contribution in [-0.4, -0.2) is 35.7 Å². The van der Waals surface area contributed by atoms with E-state index in [4.69, 9.17) is 9.84 Å². The molecule has 0 aromatic heterocycles. The van der Waals surface area contributed by atoms with Crippen LogP contribution in [-0.2, 0) is 14.3 Å². The van der Waals surface area contributed by atoms with Crippen LogP contribution in [0.1, 0.15) is 32.1 Å². The van der Waals surface area contributed by atoms with Gasteiger partial charge in [0.2, 0.25) is 0 Å². The van der Waals surface area contributed by atoms with Crippen molar-refractivity contribution in [2.75, 3.05) is 6.54 Å². The fourth-order valence-corrected chi connectivity index (χ4v) is 2.24. The van der Waals surface area contributed by atoms with Gasteiger partial charge < -0.3 is 15.2 Å². The van der Waals surface area contributed by atoms with Gasteiger partial charge in [-0.2, -0.15) is 0 Å². The molecule has 1 heterocycles. The predicted octanol–water partition coefficient (Wildman–Crippen LogP) is 0.535. The zero-order valence-electron chi connectivity index (χ0n) is 9.15. The quantitative estimate of drug-likeness (QED) is 0.687. The van der Waals surface area contributed by atoms with Crippen molar-refractivity contribution in [1.29, 1.82) is 0 Å². The molecule has 2 N–H and O–H groups in total. The number of carbonyl (C=O) groups is 2. The minimum atomic E-state index is -1.06. The molecule has 0 aromatic carbocycles. The number of amides is 1. The van der Waals surface area contributed by atoms with E-state index >= 15 is 0 Å². The first-order valence-corrected chi connectivity index (χ1v) is 5.84. The lowest BCUT2D eigenvalue weighted by atomic mass is 9.89. The minimum absolute atomic E-state index is 0.280. The van der Waals surface area contributed by atoms with E-state index in [9.17, 15) is 9.59 Å². The Morgan fingerprint density at radius 3 is 2.44 bits per heavy atom. The maximum Gasteiger partial charge on any atom is 0.336 e. The molecule has 16 heavy (non-hydrogen) atoms. The Balaban J connectivity index is 1.66.